The van der Waals surface area contributed by atoms with Crippen LogP contribution in [0.4, 0.5) is 16.0 Å². The number of carbonyl (C=O) groups excluding carboxylic acids is 2. The van der Waals surface area contributed by atoms with Crippen LogP contribution in [-0.4, -0.2) is 76.2 Å². The number of nitrogens with zero attached hydrogens (tertiary/aromatic N) is 5. The average molecular weight is 478 g/mol. The number of halogens is 1. The molecule has 0 bridgehead atoms. The molecule has 4 rings (SSSR count). The van der Waals surface area contributed by atoms with E-state index in [1.54, 1.807) is 0 Å². The minimum atomic E-state index is -0.615. The van der Waals surface area contributed by atoms with E-state index in [0.717, 1.165) is 51.7 Å². The second-order valence-electron chi connectivity index (χ2n) is 9.68. The monoisotopic (exact) mass is 477 g/mol. The van der Waals surface area contributed by atoms with Crippen molar-refractivity contribution in [3.8, 4) is 0 Å². The number of hydroxylamine groups is 2. The van der Waals surface area contributed by atoms with Gasteiger partial charge in [0.1, 0.15) is 5.82 Å². The summed E-state index contributed by atoms with van der Waals surface area (Å²) in [7, 11) is 0. The summed E-state index contributed by atoms with van der Waals surface area (Å²) >= 11 is 0. The highest BCUT2D eigenvalue weighted by atomic mass is 19.1. The van der Waals surface area contributed by atoms with E-state index in [-0.39, 0.29) is 24.6 Å². The predicted octanol–water partition coefficient (Wildman–Crippen LogP) is 1.95. The summed E-state index contributed by atoms with van der Waals surface area (Å²) < 4.78 is 15.5. The molecule has 0 spiro atoms. The van der Waals surface area contributed by atoms with Crippen LogP contribution in [0.25, 0.3) is 0 Å². The third kappa shape index (κ3) is 5.75. The molecule has 2 aliphatic heterocycles. The van der Waals surface area contributed by atoms with Crippen LogP contribution in [-0.2, 0) is 16.0 Å². The summed E-state index contributed by atoms with van der Waals surface area (Å²) in [6.45, 7) is 5.19. The number of piperazine rings is 1. The van der Waals surface area contributed by atoms with Crippen molar-refractivity contribution < 1.29 is 19.2 Å². The summed E-state index contributed by atoms with van der Waals surface area (Å²) in [5.41, 5.74) is 5.22. The number of hydrogen-bond acceptors (Lipinski definition) is 8. The fourth-order valence-electron chi connectivity index (χ4n) is 5.52. The Bertz CT molecular complexity index is 867. The van der Waals surface area contributed by atoms with E-state index >= 15 is 4.39 Å². The summed E-state index contributed by atoms with van der Waals surface area (Å²) in [6, 6.07) is 0.417. The lowest BCUT2D eigenvalue weighted by molar-refractivity contribution is -0.154. The van der Waals surface area contributed by atoms with Gasteiger partial charge in [-0.2, -0.15) is 4.39 Å². The molecular weight excluding hydrogens is 441 g/mol. The van der Waals surface area contributed by atoms with Crippen molar-refractivity contribution in [2.75, 3.05) is 43.0 Å². The minimum absolute atomic E-state index is 0.0695. The molecule has 3 aliphatic rings. The fraction of sp³-hybridized carbons (Fsp3) is 0.739. The van der Waals surface area contributed by atoms with Crippen LogP contribution in [0.2, 0.25) is 0 Å². The number of carbonyl (C=O) groups is 2. The first kappa shape index (κ1) is 24.6. The number of aromatic nitrogens is 2. The van der Waals surface area contributed by atoms with E-state index in [1.807, 2.05) is 11.8 Å². The number of hydrogen-bond donors (Lipinski definition) is 3. The number of rotatable bonds is 10. The van der Waals surface area contributed by atoms with Crippen LogP contribution < -0.4 is 15.8 Å². The topological polar surface area (TPSA) is 114 Å². The number of nitrogens with one attached hydrogen (secondary N) is 2. The van der Waals surface area contributed by atoms with Crippen molar-refractivity contribution in [1.82, 2.24) is 25.4 Å². The molecule has 3 heterocycles. The van der Waals surface area contributed by atoms with Crippen molar-refractivity contribution >= 4 is 24.0 Å². The van der Waals surface area contributed by atoms with E-state index in [4.69, 9.17) is 0 Å². The van der Waals surface area contributed by atoms with Gasteiger partial charge in [-0.1, -0.05) is 32.6 Å². The molecule has 34 heavy (non-hydrogen) atoms. The van der Waals surface area contributed by atoms with Gasteiger partial charge < -0.3 is 4.90 Å². The van der Waals surface area contributed by atoms with Crippen LogP contribution in [0.3, 0.4) is 0 Å². The van der Waals surface area contributed by atoms with Crippen molar-refractivity contribution in [2.24, 2.45) is 11.8 Å². The van der Waals surface area contributed by atoms with Gasteiger partial charge in [-0.05, 0) is 31.7 Å². The zero-order valence-corrected chi connectivity index (χ0v) is 19.9. The maximum absolute atomic E-state index is 15.5. The predicted molar refractivity (Wildman–Crippen MR) is 125 cm³/mol. The van der Waals surface area contributed by atoms with Crippen molar-refractivity contribution in [2.45, 2.75) is 64.3 Å². The van der Waals surface area contributed by atoms with Crippen molar-refractivity contribution in [3.63, 3.8) is 0 Å². The normalized spacial score (nSPS) is 21.9. The lowest BCUT2D eigenvalue weighted by Gasteiger charge is -2.38. The molecule has 0 aromatic carbocycles. The molecule has 2 atom stereocenters. The van der Waals surface area contributed by atoms with Gasteiger partial charge in [0, 0.05) is 32.1 Å². The Labute approximate surface area is 199 Å². The molecule has 0 unspecified atom stereocenters. The quantitative estimate of drug-likeness (QED) is 0.266. The first-order chi connectivity index (χ1) is 16.5. The highest BCUT2D eigenvalue weighted by Gasteiger charge is 2.33. The maximum atomic E-state index is 15.5. The molecule has 2 saturated heterocycles. The number of aryl methyl sites for hydroxylation is 1. The number of hydrazine groups is 1. The minimum Gasteiger partial charge on any atom is -0.351 e. The second-order valence-corrected chi connectivity index (χ2v) is 9.68. The molecule has 3 N–H and O–H groups in total. The van der Waals surface area contributed by atoms with Gasteiger partial charge in [0.2, 0.25) is 18.1 Å². The summed E-state index contributed by atoms with van der Waals surface area (Å²) in [4.78, 5) is 37.0. The van der Waals surface area contributed by atoms with Crippen molar-refractivity contribution in [3.05, 3.63) is 11.6 Å². The van der Waals surface area contributed by atoms with Crippen molar-refractivity contribution in [1.29, 1.82) is 0 Å². The molecule has 3 fully saturated rings. The smallest absolute Gasteiger partial charge is 0.243 e. The standard InChI is InChI=1S/C23H36FN7O3/c1-2-19-25-21(20(24)22(26-19)30-11-10-29-9-5-8-18(29)14-30)27-28-23(33)17(13-31(34)15-32)12-16-6-3-4-7-16/h15-18,34H,2-14H2,1H3,(H,28,33)(H,25,26,27)/t17-,18+/m1/s1. The number of anilines is 2. The molecule has 188 valence electrons. The maximum Gasteiger partial charge on any atom is 0.243 e. The van der Waals surface area contributed by atoms with Gasteiger partial charge >= 0.3 is 0 Å². The molecule has 1 aliphatic carbocycles. The Hall–Kier alpha value is -2.53. The molecule has 1 saturated carbocycles. The second kappa shape index (κ2) is 11.3. The largest absolute Gasteiger partial charge is 0.351 e. The van der Waals surface area contributed by atoms with Gasteiger partial charge in [-0.15, -0.1) is 0 Å². The molecule has 10 nitrogen and oxygen atoms in total. The summed E-state index contributed by atoms with van der Waals surface area (Å²) in [5, 5.41) is 10.2. The molecule has 11 heteroatoms. The van der Waals surface area contributed by atoms with Gasteiger partial charge in [0.15, 0.2) is 11.6 Å². The van der Waals surface area contributed by atoms with Crippen LogP contribution in [0, 0.1) is 17.7 Å². The van der Waals surface area contributed by atoms with E-state index < -0.39 is 17.6 Å². The van der Waals surface area contributed by atoms with E-state index in [9.17, 15) is 14.8 Å². The fourth-order valence-corrected chi connectivity index (χ4v) is 5.52. The summed E-state index contributed by atoms with van der Waals surface area (Å²) in [5.74, 6) is -0.555. The Morgan fingerprint density at radius 3 is 2.76 bits per heavy atom. The third-order valence-electron chi connectivity index (χ3n) is 7.38. The molecular formula is C23H36FN7O3. The van der Waals surface area contributed by atoms with E-state index in [2.05, 4.69) is 25.7 Å². The SMILES string of the molecule is CCc1nc(NNC(=O)[C@H](CC2CCCC2)CN(O)C=O)c(F)c(N2CCN3CCC[C@H]3C2)n1. The highest BCUT2D eigenvalue weighted by Crippen LogP contribution is 2.31. The number of amides is 2. The van der Waals surface area contributed by atoms with Crippen LogP contribution >= 0.6 is 0 Å². The Morgan fingerprint density at radius 2 is 2.03 bits per heavy atom. The summed E-state index contributed by atoms with van der Waals surface area (Å²) in [6.07, 6.45) is 7.95. The van der Waals surface area contributed by atoms with E-state index in [0.29, 0.717) is 42.2 Å². The molecule has 1 aromatic rings. The van der Waals surface area contributed by atoms with Gasteiger partial charge in [-0.3, -0.25) is 30.5 Å². The molecule has 1 aromatic heterocycles. The highest BCUT2D eigenvalue weighted by molar-refractivity contribution is 5.80. The Balaban J connectivity index is 1.45. The lowest BCUT2D eigenvalue weighted by Crippen LogP contribution is -2.50. The van der Waals surface area contributed by atoms with Gasteiger partial charge in [0.25, 0.3) is 0 Å². The molecule has 2 amide bonds. The van der Waals surface area contributed by atoms with Crippen LogP contribution in [0.1, 0.15) is 57.7 Å². The van der Waals surface area contributed by atoms with E-state index in [1.165, 1.54) is 6.42 Å². The first-order valence-electron chi connectivity index (χ1n) is 12.5. The average Bonchev–Trinajstić information content (AvgIpc) is 3.54. The molecule has 0 radical (unpaired) electrons. The van der Waals surface area contributed by atoms with Gasteiger partial charge in [0.05, 0.1) is 12.5 Å². The zero-order valence-electron chi connectivity index (χ0n) is 19.9. The number of fused-ring (bicyclic) bond motifs is 1. The first-order valence-corrected chi connectivity index (χ1v) is 12.5. The third-order valence-corrected chi connectivity index (χ3v) is 7.38. The van der Waals surface area contributed by atoms with Crippen LogP contribution in [0.15, 0.2) is 0 Å². The van der Waals surface area contributed by atoms with Crippen LogP contribution in [0.5, 0.6) is 0 Å². The zero-order chi connectivity index (χ0) is 24.1. The van der Waals surface area contributed by atoms with Gasteiger partial charge in [-0.25, -0.2) is 15.0 Å². The Kier molecular flexibility index (Phi) is 8.15. The Morgan fingerprint density at radius 1 is 1.24 bits per heavy atom. The lowest BCUT2D eigenvalue weighted by atomic mass is 9.92.